The Morgan fingerprint density at radius 1 is 1.18 bits per heavy atom. The molecule has 0 unspecified atom stereocenters. The minimum Gasteiger partial charge on any atom is -0.487 e. The third-order valence-corrected chi connectivity index (χ3v) is 5.58. The van der Waals surface area contributed by atoms with Crippen LogP contribution in [0.2, 0.25) is 0 Å². The highest BCUT2D eigenvalue weighted by Crippen LogP contribution is 2.32. The second kappa shape index (κ2) is 11.0. The van der Waals surface area contributed by atoms with Crippen LogP contribution in [0.3, 0.4) is 0 Å². The summed E-state index contributed by atoms with van der Waals surface area (Å²) < 4.78 is 24.0. The van der Waals surface area contributed by atoms with Gasteiger partial charge in [-0.2, -0.15) is 5.26 Å². The van der Waals surface area contributed by atoms with Crippen LogP contribution in [0.4, 0.5) is 5.82 Å². The van der Waals surface area contributed by atoms with E-state index in [0.29, 0.717) is 60.8 Å². The van der Waals surface area contributed by atoms with Crippen molar-refractivity contribution in [2.45, 2.75) is 18.9 Å². The summed E-state index contributed by atoms with van der Waals surface area (Å²) in [7, 11) is 3.68. The average molecular weight is 453 g/mol. The Kier molecular flexibility index (Phi) is 7.67. The van der Waals surface area contributed by atoms with Gasteiger partial charge in [0.1, 0.15) is 30.3 Å². The van der Waals surface area contributed by atoms with Crippen LogP contribution in [0.15, 0.2) is 30.7 Å². The van der Waals surface area contributed by atoms with E-state index < -0.39 is 0 Å². The van der Waals surface area contributed by atoms with Crippen molar-refractivity contribution >= 4 is 17.0 Å². The molecule has 1 saturated heterocycles. The van der Waals surface area contributed by atoms with E-state index in [1.54, 1.807) is 25.6 Å². The molecule has 4 rings (SSSR count). The molecule has 174 valence electrons. The smallest absolute Gasteiger partial charge is 0.173 e. The van der Waals surface area contributed by atoms with Crippen molar-refractivity contribution < 1.29 is 18.9 Å². The highest BCUT2D eigenvalue weighted by Gasteiger charge is 2.24. The van der Waals surface area contributed by atoms with Gasteiger partial charge in [0.15, 0.2) is 17.2 Å². The number of pyridine rings is 2. The minimum absolute atomic E-state index is 0.299. The molecule has 0 radical (unpaired) electrons. The van der Waals surface area contributed by atoms with Crippen LogP contribution in [0.5, 0.6) is 5.75 Å². The number of nitriles is 1. The van der Waals surface area contributed by atoms with Gasteiger partial charge in [-0.1, -0.05) is 0 Å². The van der Waals surface area contributed by atoms with Gasteiger partial charge in [0.25, 0.3) is 0 Å². The first-order valence-electron chi connectivity index (χ1n) is 11.0. The molecule has 0 N–H and O–H groups in total. The molecule has 0 aromatic carbocycles. The van der Waals surface area contributed by atoms with Gasteiger partial charge >= 0.3 is 0 Å². The number of hydrogen-bond donors (Lipinski definition) is 0. The number of methoxy groups -OCH3 is 1. The third kappa shape index (κ3) is 5.39. The summed E-state index contributed by atoms with van der Waals surface area (Å²) in [6.07, 6.45) is 5.07. The molecular weight excluding hydrogens is 424 g/mol. The van der Waals surface area contributed by atoms with Gasteiger partial charge in [0, 0.05) is 45.7 Å². The van der Waals surface area contributed by atoms with E-state index in [0.717, 1.165) is 31.9 Å². The highest BCUT2D eigenvalue weighted by molar-refractivity contribution is 5.78. The number of ether oxygens (including phenoxy) is 4. The van der Waals surface area contributed by atoms with Crippen LogP contribution in [0.25, 0.3) is 17.0 Å². The summed E-state index contributed by atoms with van der Waals surface area (Å²) in [6.45, 7) is 3.37. The van der Waals surface area contributed by atoms with Crippen LogP contribution in [0.1, 0.15) is 18.4 Å². The summed E-state index contributed by atoms with van der Waals surface area (Å²) >= 11 is 0. The Bertz CT molecular complexity index is 1090. The number of hydrogen-bond acceptors (Lipinski definition) is 9. The molecule has 0 spiro atoms. The minimum atomic E-state index is 0.299. The largest absolute Gasteiger partial charge is 0.487 e. The van der Waals surface area contributed by atoms with E-state index in [2.05, 4.69) is 20.9 Å². The Labute approximate surface area is 192 Å². The lowest BCUT2D eigenvalue weighted by atomic mass is 10.1. The van der Waals surface area contributed by atoms with Crippen molar-refractivity contribution in [2.75, 3.05) is 58.7 Å². The fourth-order valence-electron chi connectivity index (χ4n) is 3.73. The quantitative estimate of drug-likeness (QED) is 0.428. The maximum Gasteiger partial charge on any atom is 0.173 e. The second-order valence-corrected chi connectivity index (χ2v) is 7.69. The molecule has 3 aromatic heterocycles. The van der Waals surface area contributed by atoms with Gasteiger partial charge in [0.05, 0.1) is 25.4 Å². The summed E-state index contributed by atoms with van der Waals surface area (Å²) in [6, 6.07) is 7.80. The molecule has 1 aliphatic heterocycles. The van der Waals surface area contributed by atoms with Gasteiger partial charge in [-0.15, -0.1) is 0 Å². The number of anilines is 1. The Hall–Kier alpha value is -3.26. The zero-order valence-corrected chi connectivity index (χ0v) is 18.9. The first-order chi connectivity index (χ1) is 16.2. The summed E-state index contributed by atoms with van der Waals surface area (Å²) in [5.74, 6) is 2.04. The zero-order valence-electron chi connectivity index (χ0n) is 18.9. The van der Waals surface area contributed by atoms with Crippen molar-refractivity contribution in [3.63, 3.8) is 0 Å². The van der Waals surface area contributed by atoms with Gasteiger partial charge in [-0.25, -0.2) is 15.0 Å². The lowest BCUT2D eigenvalue weighted by molar-refractivity contribution is 0.0544. The predicted octanol–water partition coefficient (Wildman–Crippen LogP) is 2.34. The van der Waals surface area contributed by atoms with Crippen molar-refractivity contribution in [2.24, 2.45) is 0 Å². The first-order valence-corrected chi connectivity index (χ1v) is 11.0. The van der Waals surface area contributed by atoms with Gasteiger partial charge in [-0.05, 0) is 25.0 Å². The van der Waals surface area contributed by atoms with Crippen LogP contribution in [-0.4, -0.2) is 79.4 Å². The molecule has 10 heteroatoms. The Morgan fingerprint density at radius 3 is 2.73 bits per heavy atom. The molecule has 0 saturated carbocycles. The molecule has 33 heavy (non-hydrogen) atoms. The van der Waals surface area contributed by atoms with Gasteiger partial charge in [0.2, 0.25) is 0 Å². The van der Waals surface area contributed by atoms with Crippen LogP contribution in [0, 0.1) is 11.3 Å². The van der Waals surface area contributed by atoms with E-state index in [4.69, 9.17) is 29.2 Å². The molecular formula is C23H28N6O4. The topological polar surface area (TPSA) is 108 Å². The maximum atomic E-state index is 9.05. The van der Waals surface area contributed by atoms with Crippen molar-refractivity contribution in [3.05, 3.63) is 36.3 Å². The van der Waals surface area contributed by atoms with Crippen LogP contribution < -0.4 is 9.64 Å². The third-order valence-electron chi connectivity index (χ3n) is 5.58. The first kappa shape index (κ1) is 22.9. The van der Waals surface area contributed by atoms with Crippen LogP contribution >= 0.6 is 0 Å². The van der Waals surface area contributed by atoms with Gasteiger partial charge < -0.3 is 23.8 Å². The average Bonchev–Trinajstić information content (AvgIpc) is 3.28. The fraction of sp³-hybridized carbons (Fsp3) is 0.478. The summed E-state index contributed by atoms with van der Waals surface area (Å²) in [5, 5.41) is 9.05. The number of imidazole rings is 1. The van der Waals surface area contributed by atoms with E-state index >= 15 is 0 Å². The fourth-order valence-corrected chi connectivity index (χ4v) is 3.73. The predicted molar refractivity (Wildman–Crippen MR) is 122 cm³/mol. The number of aromatic nitrogens is 4. The van der Waals surface area contributed by atoms with E-state index in [1.807, 2.05) is 17.7 Å². The molecule has 0 amide bonds. The lowest BCUT2D eigenvalue weighted by Gasteiger charge is -2.33. The second-order valence-electron chi connectivity index (χ2n) is 7.69. The molecule has 10 nitrogen and oxygen atoms in total. The Balaban J connectivity index is 1.63. The molecule has 0 aliphatic carbocycles. The van der Waals surface area contributed by atoms with Crippen LogP contribution in [-0.2, 0) is 14.2 Å². The molecule has 1 fully saturated rings. The lowest BCUT2D eigenvalue weighted by Crippen LogP contribution is -2.37. The van der Waals surface area contributed by atoms with Crippen molar-refractivity contribution in [3.8, 4) is 17.6 Å². The number of nitrogens with zero attached hydrogens (tertiary/aromatic N) is 6. The molecule has 1 aliphatic rings. The van der Waals surface area contributed by atoms with E-state index in [-0.39, 0.29) is 0 Å². The molecule has 3 aromatic rings. The molecule has 0 bridgehead atoms. The van der Waals surface area contributed by atoms with Crippen molar-refractivity contribution in [1.29, 1.82) is 5.26 Å². The monoisotopic (exact) mass is 452 g/mol. The maximum absolute atomic E-state index is 9.05. The van der Waals surface area contributed by atoms with Gasteiger partial charge in [-0.3, -0.25) is 4.57 Å². The number of rotatable bonds is 10. The Morgan fingerprint density at radius 2 is 2.00 bits per heavy atom. The van der Waals surface area contributed by atoms with Crippen molar-refractivity contribution in [1.82, 2.24) is 19.5 Å². The molecule has 0 atom stereocenters. The summed E-state index contributed by atoms with van der Waals surface area (Å²) in [4.78, 5) is 16.0. The standard InChI is InChI=1S/C23H28N6O4/c1-28(18-5-7-31-8-6-18)23-20(33-12-11-32-10-9-30-2)13-19-22(27-23)29(16-26-19)21-4-3-17(14-24)15-25-21/h3-4,13,15-16,18H,5-12H2,1-2H3. The molecule has 4 heterocycles. The zero-order chi connectivity index (χ0) is 23.0. The highest BCUT2D eigenvalue weighted by atomic mass is 16.5. The number of fused-ring (bicyclic) bond motifs is 1. The summed E-state index contributed by atoms with van der Waals surface area (Å²) in [5.41, 5.74) is 1.87. The van der Waals surface area contributed by atoms with E-state index in [1.165, 1.54) is 6.20 Å². The SMILES string of the molecule is COCCOCCOc1cc2ncn(-c3ccc(C#N)cn3)c2nc1N(C)C1CCOCC1. The van der Waals surface area contributed by atoms with E-state index in [9.17, 15) is 0 Å². The normalized spacial score (nSPS) is 14.3.